The second-order valence-electron chi connectivity index (χ2n) is 7.17. The van der Waals surface area contributed by atoms with Crippen molar-refractivity contribution in [2.45, 2.75) is 0 Å². The lowest BCUT2D eigenvalue weighted by Crippen LogP contribution is -2.44. The van der Waals surface area contributed by atoms with Gasteiger partial charge in [-0.05, 0) is 6.07 Å². The summed E-state index contributed by atoms with van der Waals surface area (Å²) in [5, 5.41) is 13.3. The average molecular weight is 407 g/mol. The second kappa shape index (κ2) is 7.00. The number of benzene rings is 2. The highest BCUT2D eigenvalue weighted by atomic mass is 19.1. The Bertz CT molecular complexity index is 1260. The van der Waals surface area contributed by atoms with Gasteiger partial charge >= 0.3 is 5.97 Å². The summed E-state index contributed by atoms with van der Waals surface area (Å²) in [5.41, 5.74) is 0.514. The second-order valence-corrected chi connectivity index (χ2v) is 7.17. The monoisotopic (exact) mass is 407 g/mol. The summed E-state index contributed by atoms with van der Waals surface area (Å²) in [6.07, 6.45) is 1.41. The summed E-state index contributed by atoms with van der Waals surface area (Å²) in [4.78, 5) is 26.5. The minimum Gasteiger partial charge on any atom is -0.476 e. The van der Waals surface area contributed by atoms with E-state index in [0.29, 0.717) is 31.7 Å². The minimum absolute atomic E-state index is 0.0785. The number of aliphatic carboxylic acids is 1. The Morgan fingerprint density at radius 1 is 1.13 bits per heavy atom. The zero-order valence-electron chi connectivity index (χ0n) is 15.9. The number of nitrogens with zero attached hydrogens (tertiary/aromatic N) is 2. The fraction of sp³-hybridized carbons (Fsp3) is 0.182. The molecule has 2 aromatic carbocycles. The molecule has 30 heavy (non-hydrogen) atoms. The lowest BCUT2D eigenvalue weighted by Gasteiger charge is -2.33. The number of pyridine rings is 1. The molecule has 0 bridgehead atoms. The van der Waals surface area contributed by atoms with Gasteiger partial charge in [-0.3, -0.25) is 4.79 Å². The highest BCUT2D eigenvalue weighted by Gasteiger charge is 2.33. The van der Waals surface area contributed by atoms with E-state index in [0.717, 1.165) is 0 Å². The maximum absolute atomic E-state index is 15.3. The van der Waals surface area contributed by atoms with Crippen LogP contribution in [0.15, 0.2) is 53.5 Å². The molecule has 0 saturated carbocycles. The molecule has 152 valence electrons. The molecule has 0 atom stereocenters. The number of carboxylic acids is 1. The molecule has 0 radical (unpaired) electrons. The Labute approximate surface area is 170 Å². The van der Waals surface area contributed by atoms with Crippen molar-refractivity contribution in [3.63, 3.8) is 0 Å². The first-order valence-electron chi connectivity index (χ1n) is 9.61. The van der Waals surface area contributed by atoms with Gasteiger partial charge in [0.05, 0.1) is 5.39 Å². The van der Waals surface area contributed by atoms with Gasteiger partial charge in [0.25, 0.3) is 0 Å². The van der Waals surface area contributed by atoms with Crippen LogP contribution in [0.1, 0.15) is 5.56 Å². The summed E-state index contributed by atoms with van der Waals surface area (Å²) in [6.45, 7) is 2.48. The van der Waals surface area contributed by atoms with E-state index < -0.39 is 17.2 Å². The molecule has 0 amide bonds. The van der Waals surface area contributed by atoms with Gasteiger partial charge < -0.3 is 24.6 Å². The average Bonchev–Trinajstić information content (AvgIpc) is 2.76. The number of anilines is 1. The van der Waals surface area contributed by atoms with Crippen LogP contribution >= 0.6 is 0 Å². The zero-order chi connectivity index (χ0) is 20.8. The van der Waals surface area contributed by atoms with Crippen molar-refractivity contribution >= 4 is 34.0 Å². The summed E-state index contributed by atoms with van der Waals surface area (Å²) >= 11 is 0. The molecular formula is C22H18FN3O4. The van der Waals surface area contributed by atoms with Crippen LogP contribution in [0.4, 0.5) is 10.1 Å². The van der Waals surface area contributed by atoms with Gasteiger partial charge in [0, 0.05) is 44.0 Å². The molecule has 1 fully saturated rings. The molecule has 1 aromatic heterocycles. The molecule has 1 saturated heterocycles. The summed E-state index contributed by atoms with van der Waals surface area (Å²) in [6, 6.07) is 11.2. The van der Waals surface area contributed by atoms with Crippen molar-refractivity contribution in [3.8, 4) is 5.75 Å². The number of carbonyl (C=O) groups is 1. The highest BCUT2D eigenvalue weighted by Crippen LogP contribution is 2.45. The standard InChI is InChI=1S/C22H18FN3O4/c23-15-12-14-16(27)6-9-26-17(14)21(18(15)25-10-7-24-8-11-25)30-20(19(26)22(28)29)13-4-2-1-3-5-13/h1-6,9,12,24H,7-8,10-11H2,(H,28,29). The molecule has 2 N–H and O–H groups in total. The van der Waals surface area contributed by atoms with E-state index in [9.17, 15) is 14.7 Å². The normalized spacial score (nSPS) is 16.0. The molecule has 3 heterocycles. The molecular weight excluding hydrogens is 389 g/mol. The van der Waals surface area contributed by atoms with E-state index in [1.165, 1.54) is 22.9 Å². The van der Waals surface area contributed by atoms with Crippen molar-refractivity contribution in [2.24, 2.45) is 0 Å². The quantitative estimate of drug-likeness (QED) is 0.694. The van der Waals surface area contributed by atoms with Crippen LogP contribution < -0.4 is 20.4 Å². The molecule has 5 rings (SSSR count). The van der Waals surface area contributed by atoms with Gasteiger partial charge in [0.2, 0.25) is 0 Å². The van der Waals surface area contributed by atoms with Gasteiger partial charge in [0.1, 0.15) is 11.2 Å². The Balaban J connectivity index is 1.86. The fourth-order valence-corrected chi connectivity index (χ4v) is 4.05. The highest BCUT2D eigenvalue weighted by molar-refractivity contribution is 6.20. The topological polar surface area (TPSA) is 83.8 Å². The summed E-state index contributed by atoms with van der Waals surface area (Å²) in [5.74, 6) is -1.52. The van der Waals surface area contributed by atoms with E-state index in [1.807, 2.05) is 11.0 Å². The molecule has 0 unspecified atom stereocenters. The van der Waals surface area contributed by atoms with Crippen LogP contribution in [0.5, 0.6) is 5.75 Å². The maximum atomic E-state index is 15.3. The summed E-state index contributed by atoms with van der Waals surface area (Å²) < 4.78 is 22.8. The predicted molar refractivity (Wildman–Crippen MR) is 111 cm³/mol. The number of rotatable bonds is 3. The Hall–Kier alpha value is -3.65. The van der Waals surface area contributed by atoms with E-state index in [4.69, 9.17) is 4.74 Å². The van der Waals surface area contributed by atoms with Crippen LogP contribution in [0.2, 0.25) is 0 Å². The van der Waals surface area contributed by atoms with Crippen LogP contribution in [-0.2, 0) is 4.79 Å². The Morgan fingerprint density at radius 2 is 1.87 bits per heavy atom. The van der Waals surface area contributed by atoms with Gasteiger partial charge in [-0.25, -0.2) is 9.18 Å². The van der Waals surface area contributed by atoms with Crippen LogP contribution in [0, 0.1) is 5.82 Å². The maximum Gasteiger partial charge on any atom is 0.356 e. The molecule has 2 aliphatic heterocycles. The van der Waals surface area contributed by atoms with Gasteiger partial charge in [-0.1, -0.05) is 30.3 Å². The number of nitrogens with one attached hydrogen (secondary N) is 1. The third kappa shape index (κ3) is 2.76. The smallest absolute Gasteiger partial charge is 0.356 e. The molecule has 2 aliphatic rings. The van der Waals surface area contributed by atoms with E-state index in [1.54, 1.807) is 24.3 Å². The van der Waals surface area contributed by atoms with Crippen molar-refractivity contribution < 1.29 is 19.0 Å². The minimum atomic E-state index is -1.21. The first kappa shape index (κ1) is 18.4. The lowest BCUT2D eigenvalue weighted by molar-refractivity contribution is -0.130. The number of ether oxygens (including phenoxy) is 1. The largest absolute Gasteiger partial charge is 0.476 e. The number of aromatic nitrogens is 1. The number of carboxylic acid groups (broad SMARTS) is 1. The van der Waals surface area contributed by atoms with Crippen LogP contribution in [0.25, 0.3) is 22.4 Å². The van der Waals surface area contributed by atoms with E-state index in [-0.39, 0.29) is 33.8 Å². The number of hydrogen-bond donors (Lipinski definition) is 2. The SMILES string of the molecule is O=C(O)C1=C(c2ccccc2)Oc2c(N3CCNCC3)c(F)cc3c(=O)ccn1c23. The molecule has 3 aromatic rings. The predicted octanol–water partition coefficient (Wildman–Crippen LogP) is 2.35. The fourth-order valence-electron chi connectivity index (χ4n) is 4.05. The van der Waals surface area contributed by atoms with Crippen LogP contribution in [0.3, 0.4) is 0 Å². The lowest BCUT2D eigenvalue weighted by atomic mass is 10.1. The van der Waals surface area contributed by atoms with E-state index >= 15 is 4.39 Å². The first-order valence-corrected chi connectivity index (χ1v) is 9.61. The first-order chi connectivity index (χ1) is 14.6. The van der Waals surface area contributed by atoms with Crippen LogP contribution in [-0.4, -0.2) is 41.8 Å². The molecule has 0 aliphatic carbocycles. The molecule has 8 heteroatoms. The third-order valence-electron chi connectivity index (χ3n) is 5.40. The van der Waals surface area contributed by atoms with Crippen molar-refractivity contribution in [1.82, 2.24) is 9.88 Å². The van der Waals surface area contributed by atoms with Crippen molar-refractivity contribution in [2.75, 3.05) is 31.1 Å². The molecule has 7 nitrogen and oxygen atoms in total. The van der Waals surface area contributed by atoms with Gasteiger partial charge in [0.15, 0.2) is 28.5 Å². The number of piperazine rings is 1. The van der Waals surface area contributed by atoms with Gasteiger partial charge in [-0.15, -0.1) is 0 Å². The van der Waals surface area contributed by atoms with Gasteiger partial charge in [-0.2, -0.15) is 0 Å². The number of halogens is 1. The van der Waals surface area contributed by atoms with E-state index in [2.05, 4.69) is 5.32 Å². The van der Waals surface area contributed by atoms with Crippen molar-refractivity contribution in [1.29, 1.82) is 0 Å². The Morgan fingerprint density at radius 3 is 2.57 bits per heavy atom. The number of hydrogen-bond acceptors (Lipinski definition) is 5. The zero-order valence-corrected chi connectivity index (χ0v) is 15.9. The molecule has 0 spiro atoms. The Kier molecular flexibility index (Phi) is 4.29. The van der Waals surface area contributed by atoms with Crippen molar-refractivity contribution in [3.05, 3.63) is 70.3 Å². The third-order valence-corrected chi connectivity index (χ3v) is 5.40. The summed E-state index contributed by atoms with van der Waals surface area (Å²) in [7, 11) is 0.